The number of nitrogens with zero attached hydrogens (tertiary/aromatic N) is 4. The zero-order chi connectivity index (χ0) is 17.6. The third-order valence-corrected chi connectivity index (χ3v) is 4.38. The van der Waals surface area contributed by atoms with Crippen LogP contribution in [0.5, 0.6) is 0 Å². The van der Waals surface area contributed by atoms with Crippen molar-refractivity contribution in [3.63, 3.8) is 0 Å². The van der Waals surface area contributed by atoms with Gasteiger partial charge in [0.1, 0.15) is 5.82 Å². The van der Waals surface area contributed by atoms with Gasteiger partial charge in [-0.2, -0.15) is 5.10 Å². The molecule has 6 nitrogen and oxygen atoms in total. The first-order chi connectivity index (χ1) is 12.1. The molecule has 1 aromatic heterocycles. The Hall–Kier alpha value is -2.87. The Morgan fingerprint density at radius 1 is 1.24 bits per heavy atom. The van der Waals surface area contributed by atoms with Crippen LogP contribution in [-0.2, 0) is 5.75 Å². The van der Waals surface area contributed by atoms with E-state index in [4.69, 9.17) is 5.84 Å². The van der Waals surface area contributed by atoms with Crippen molar-refractivity contribution in [1.82, 2.24) is 14.9 Å². The van der Waals surface area contributed by atoms with Crippen LogP contribution in [0.15, 0.2) is 58.8 Å². The van der Waals surface area contributed by atoms with E-state index >= 15 is 0 Å². The Morgan fingerprint density at radius 2 is 2.04 bits per heavy atom. The van der Waals surface area contributed by atoms with Gasteiger partial charge in [-0.05, 0) is 30.2 Å². The summed E-state index contributed by atoms with van der Waals surface area (Å²) in [5.74, 6) is 6.76. The zero-order valence-electron chi connectivity index (χ0n) is 13.6. The fraction of sp³-hybridized carbons (Fsp3) is 0.118. The molecular weight excluding hydrogens is 339 g/mol. The molecule has 8 heteroatoms. The molecule has 3 aromatic rings. The number of halogens is 1. The fourth-order valence-electron chi connectivity index (χ4n) is 2.11. The summed E-state index contributed by atoms with van der Waals surface area (Å²) in [5.41, 5.74) is 5.89. The lowest BCUT2D eigenvalue weighted by atomic mass is 10.2. The number of rotatable bonds is 6. The van der Waals surface area contributed by atoms with Gasteiger partial charge in [-0.1, -0.05) is 53.7 Å². The van der Waals surface area contributed by atoms with Crippen molar-refractivity contribution < 1.29 is 4.39 Å². The normalized spacial score (nSPS) is 11.1. The Bertz CT molecular complexity index is 875. The fourth-order valence-corrected chi connectivity index (χ4v) is 2.91. The van der Waals surface area contributed by atoms with Crippen molar-refractivity contribution in [3.8, 4) is 0 Å². The van der Waals surface area contributed by atoms with Gasteiger partial charge in [0.25, 0.3) is 5.95 Å². The van der Waals surface area contributed by atoms with Crippen LogP contribution in [0, 0.1) is 12.7 Å². The number of aryl methyl sites for hydroxylation is 1. The lowest BCUT2D eigenvalue weighted by Gasteiger charge is -2.03. The van der Waals surface area contributed by atoms with Gasteiger partial charge in [0, 0.05) is 5.75 Å². The average Bonchev–Trinajstić information content (AvgIpc) is 2.95. The predicted molar refractivity (Wildman–Crippen MR) is 98.5 cm³/mol. The summed E-state index contributed by atoms with van der Waals surface area (Å²) in [6, 6.07) is 14.2. The molecule has 25 heavy (non-hydrogen) atoms. The Kier molecular flexibility index (Phi) is 5.30. The highest BCUT2D eigenvalue weighted by atomic mass is 32.2. The predicted octanol–water partition coefficient (Wildman–Crippen LogP) is 3.18. The van der Waals surface area contributed by atoms with Crippen LogP contribution in [0.1, 0.15) is 16.7 Å². The Balaban J connectivity index is 1.60. The third-order valence-electron chi connectivity index (χ3n) is 3.36. The van der Waals surface area contributed by atoms with Crippen LogP contribution in [0.2, 0.25) is 0 Å². The van der Waals surface area contributed by atoms with E-state index in [1.165, 1.54) is 39.7 Å². The van der Waals surface area contributed by atoms with Crippen LogP contribution in [0.25, 0.3) is 0 Å². The van der Waals surface area contributed by atoms with Crippen molar-refractivity contribution in [2.45, 2.75) is 17.8 Å². The van der Waals surface area contributed by atoms with Crippen molar-refractivity contribution in [2.24, 2.45) is 5.10 Å². The van der Waals surface area contributed by atoms with E-state index in [-0.39, 0.29) is 5.82 Å². The van der Waals surface area contributed by atoms with E-state index in [0.717, 1.165) is 11.3 Å². The molecule has 0 saturated heterocycles. The highest BCUT2D eigenvalue weighted by Crippen LogP contribution is 2.22. The van der Waals surface area contributed by atoms with E-state index in [1.807, 2.05) is 6.07 Å². The number of nitrogen functional groups attached to an aromatic ring is 1. The molecule has 0 saturated carbocycles. The van der Waals surface area contributed by atoms with Crippen LogP contribution in [0.4, 0.5) is 10.3 Å². The van der Waals surface area contributed by atoms with Gasteiger partial charge < -0.3 is 5.84 Å². The smallest absolute Gasteiger partial charge is 0.264 e. The summed E-state index contributed by atoms with van der Waals surface area (Å²) in [4.78, 5) is 0. The average molecular weight is 356 g/mol. The highest BCUT2D eigenvalue weighted by molar-refractivity contribution is 7.98. The first-order valence-electron chi connectivity index (χ1n) is 7.55. The van der Waals surface area contributed by atoms with Crippen LogP contribution in [-0.4, -0.2) is 21.1 Å². The molecule has 1 heterocycles. The lowest BCUT2D eigenvalue weighted by Crippen LogP contribution is -2.13. The summed E-state index contributed by atoms with van der Waals surface area (Å²) < 4.78 is 14.2. The molecule has 0 amide bonds. The molecule has 3 N–H and O–H groups in total. The van der Waals surface area contributed by atoms with Crippen LogP contribution < -0.4 is 11.3 Å². The first-order valence-corrected chi connectivity index (χ1v) is 8.54. The SMILES string of the molecule is Cc1cccc(CSc2nnc(N/N=C/c3ccc(F)cc3)n2N)c1. The minimum absolute atomic E-state index is 0.290. The van der Waals surface area contributed by atoms with Gasteiger partial charge in [-0.15, -0.1) is 10.2 Å². The highest BCUT2D eigenvalue weighted by Gasteiger charge is 2.09. The molecule has 0 unspecified atom stereocenters. The van der Waals surface area contributed by atoms with Crippen LogP contribution >= 0.6 is 11.8 Å². The van der Waals surface area contributed by atoms with Gasteiger partial charge in [0.2, 0.25) is 5.16 Å². The molecule has 0 atom stereocenters. The number of aromatic nitrogens is 3. The summed E-state index contributed by atoms with van der Waals surface area (Å²) >= 11 is 1.49. The molecule has 0 aliphatic heterocycles. The second kappa shape index (κ2) is 7.80. The van der Waals surface area contributed by atoms with Gasteiger partial charge in [0.15, 0.2) is 0 Å². The minimum atomic E-state index is -0.290. The van der Waals surface area contributed by atoms with Crippen molar-refractivity contribution >= 4 is 23.9 Å². The van der Waals surface area contributed by atoms with E-state index in [1.54, 1.807) is 18.3 Å². The molecule has 0 aliphatic rings. The molecular formula is C17H17FN6S. The summed E-state index contributed by atoms with van der Waals surface area (Å²) in [6.07, 6.45) is 1.55. The summed E-state index contributed by atoms with van der Waals surface area (Å²) in [5, 5.41) is 12.6. The van der Waals surface area contributed by atoms with Crippen molar-refractivity contribution in [1.29, 1.82) is 0 Å². The molecule has 0 aliphatic carbocycles. The monoisotopic (exact) mass is 356 g/mol. The largest absolute Gasteiger partial charge is 0.334 e. The van der Waals surface area contributed by atoms with E-state index in [2.05, 4.69) is 45.8 Å². The van der Waals surface area contributed by atoms with Gasteiger partial charge in [-0.3, -0.25) is 0 Å². The number of hydrogen-bond donors (Lipinski definition) is 2. The molecule has 128 valence electrons. The van der Waals surface area contributed by atoms with Crippen LogP contribution in [0.3, 0.4) is 0 Å². The van der Waals surface area contributed by atoms with Gasteiger partial charge >= 0.3 is 0 Å². The number of nitrogens with two attached hydrogens (primary N) is 1. The molecule has 0 bridgehead atoms. The Labute approximate surface area is 148 Å². The van der Waals surface area contributed by atoms with Crippen molar-refractivity contribution in [2.75, 3.05) is 11.3 Å². The number of hydrazone groups is 1. The second-order valence-electron chi connectivity index (χ2n) is 5.38. The molecule has 0 fully saturated rings. The van der Waals surface area contributed by atoms with E-state index in [0.29, 0.717) is 11.1 Å². The Morgan fingerprint density at radius 3 is 2.80 bits per heavy atom. The number of hydrogen-bond acceptors (Lipinski definition) is 6. The molecule has 2 aromatic carbocycles. The maximum atomic E-state index is 12.8. The second-order valence-corrected chi connectivity index (χ2v) is 6.32. The van der Waals surface area contributed by atoms with Crippen molar-refractivity contribution in [3.05, 3.63) is 71.0 Å². The standard InChI is InChI=1S/C17H17FN6S/c1-12-3-2-4-14(9-12)11-25-17-23-22-16(24(17)19)21-20-10-13-5-7-15(18)8-6-13/h2-10H,11,19H2,1H3,(H,21,22)/b20-10+. The number of nitrogens with one attached hydrogen (secondary N) is 1. The number of thioether (sulfide) groups is 1. The lowest BCUT2D eigenvalue weighted by molar-refractivity contribution is 0.628. The maximum absolute atomic E-state index is 12.8. The number of benzene rings is 2. The van der Waals surface area contributed by atoms with E-state index < -0.39 is 0 Å². The molecule has 0 radical (unpaired) electrons. The molecule has 0 spiro atoms. The summed E-state index contributed by atoms with van der Waals surface area (Å²) in [7, 11) is 0. The van der Waals surface area contributed by atoms with Gasteiger partial charge in [0.05, 0.1) is 6.21 Å². The maximum Gasteiger partial charge on any atom is 0.264 e. The zero-order valence-corrected chi connectivity index (χ0v) is 14.4. The minimum Gasteiger partial charge on any atom is -0.334 e. The topological polar surface area (TPSA) is 81.1 Å². The van der Waals surface area contributed by atoms with Gasteiger partial charge in [-0.25, -0.2) is 14.5 Å². The van der Waals surface area contributed by atoms with E-state index in [9.17, 15) is 4.39 Å². The number of anilines is 1. The first kappa shape index (κ1) is 17.0. The molecule has 3 rings (SSSR count). The summed E-state index contributed by atoms with van der Waals surface area (Å²) in [6.45, 7) is 2.06. The quantitative estimate of drug-likeness (QED) is 0.307. The third kappa shape index (κ3) is 4.57.